The van der Waals surface area contributed by atoms with Gasteiger partial charge in [-0.05, 0) is 45.7 Å². The number of aliphatic hydroxyl groups excluding tert-OH is 1. The Bertz CT molecular complexity index is 2710. The van der Waals surface area contributed by atoms with E-state index in [9.17, 15) is 56.5 Å². The number of rotatable bonds is 8. The molecule has 0 unspecified atom stereocenters. The van der Waals surface area contributed by atoms with E-state index in [1.807, 2.05) is 13.8 Å². The molecule has 5 N–H and O–H groups in total. The number of carbonyl (C=O) groups is 4. The van der Waals surface area contributed by atoms with Crippen molar-refractivity contribution >= 4 is 23.6 Å². The van der Waals surface area contributed by atoms with E-state index < -0.39 is 93.0 Å². The summed E-state index contributed by atoms with van der Waals surface area (Å²) in [7, 11) is 3.05. The smallest absolute Gasteiger partial charge is 0.275 e. The Morgan fingerprint density at radius 1 is 0.701 bits per heavy atom. The summed E-state index contributed by atoms with van der Waals surface area (Å²) in [5.74, 6) is -7.58. The maximum atomic E-state index is 13.9. The largest absolute Gasteiger partial charge is 0.503 e. The Labute approximate surface area is 380 Å². The summed E-state index contributed by atoms with van der Waals surface area (Å²) in [5, 5.41) is 33.5. The third-order valence-corrected chi connectivity index (χ3v) is 12.1. The highest BCUT2D eigenvalue weighted by atomic mass is 19.1. The lowest BCUT2D eigenvalue weighted by molar-refractivity contribution is 0.0329. The zero-order chi connectivity index (χ0) is 49.0. The first kappa shape index (κ1) is 49.6. The number of fused-ring (bicyclic) bond motifs is 8. The molecule has 1 saturated heterocycles. The van der Waals surface area contributed by atoms with Crippen LogP contribution in [0.2, 0.25) is 0 Å². The Morgan fingerprint density at radius 2 is 1.16 bits per heavy atom. The first-order valence-corrected chi connectivity index (χ1v) is 21.2. The number of benzene rings is 2. The van der Waals surface area contributed by atoms with E-state index in [2.05, 4.69) is 10.6 Å². The molecule has 4 aliphatic heterocycles. The van der Waals surface area contributed by atoms with Crippen molar-refractivity contribution in [2.45, 2.75) is 83.1 Å². The lowest BCUT2D eigenvalue weighted by Crippen LogP contribution is -2.49. The van der Waals surface area contributed by atoms with Crippen molar-refractivity contribution in [2.24, 2.45) is 0 Å². The minimum absolute atomic E-state index is 0.0233. The average Bonchev–Trinajstić information content (AvgIpc) is 3.54. The number of nitrogens with one attached hydrogen (secondary N) is 2. The molecular formula is C46H50F4N6O11. The van der Waals surface area contributed by atoms with Gasteiger partial charge in [-0.2, -0.15) is 0 Å². The molecule has 4 amide bonds. The number of hydrogen-bond acceptors (Lipinski definition) is 11. The number of pyridine rings is 2. The van der Waals surface area contributed by atoms with E-state index in [1.165, 1.54) is 45.7 Å². The molecule has 67 heavy (non-hydrogen) atoms. The van der Waals surface area contributed by atoms with Crippen LogP contribution >= 0.6 is 0 Å². The standard InChI is InChI=1S/C22H23F2N3O5.C22H21F2N3O5.C2H6O/c2*1-11-3-6-17(32-2)16-10-26(11)22(31)18-20(29)19(28)14(9-27(16)18)21(30)25-8-12-4-5-13(23)7-15(12)24;1-2-3/h4-5,7,9,11,16-17,29H,3,6,8,10H2,1-2H3,(H,25,30);3-7,9,11,16-17,29H,8,10H2,1-2H3,(H,25,30);3H,2H2,1H3/t2*11-,16+,17+;/m00./s1. The van der Waals surface area contributed by atoms with Gasteiger partial charge in [0.1, 0.15) is 34.4 Å². The molecule has 2 aromatic carbocycles. The van der Waals surface area contributed by atoms with Crippen LogP contribution in [-0.2, 0) is 22.6 Å². The number of aromatic nitrogens is 2. The number of amides is 4. The number of ether oxygens (including phenoxy) is 2. The monoisotopic (exact) mass is 938 g/mol. The van der Waals surface area contributed by atoms with Gasteiger partial charge in [0.05, 0.1) is 24.3 Å². The number of halogens is 4. The van der Waals surface area contributed by atoms with Gasteiger partial charge in [-0.25, -0.2) is 17.6 Å². The Hall–Kier alpha value is -6.84. The van der Waals surface area contributed by atoms with Gasteiger partial charge in [0.15, 0.2) is 22.9 Å². The van der Waals surface area contributed by atoms with Crippen molar-refractivity contribution in [1.82, 2.24) is 29.6 Å². The number of carbonyl (C=O) groups excluding carboxylic acids is 4. The zero-order valence-electron chi connectivity index (χ0n) is 37.1. The second kappa shape index (κ2) is 20.8. The van der Waals surface area contributed by atoms with E-state index in [4.69, 9.17) is 14.6 Å². The Morgan fingerprint density at radius 3 is 1.63 bits per heavy atom. The van der Waals surface area contributed by atoms with E-state index >= 15 is 0 Å². The fourth-order valence-corrected chi connectivity index (χ4v) is 8.45. The molecule has 1 fully saturated rings. The molecule has 4 aliphatic rings. The molecule has 17 nitrogen and oxygen atoms in total. The molecule has 4 aromatic rings. The van der Waals surface area contributed by atoms with Gasteiger partial charge in [0.2, 0.25) is 10.9 Å². The number of nitrogens with zero attached hydrogens (tertiary/aromatic N) is 4. The van der Waals surface area contributed by atoms with E-state index in [0.717, 1.165) is 12.1 Å². The number of aliphatic hydroxyl groups is 1. The van der Waals surface area contributed by atoms with Crippen molar-refractivity contribution in [3.05, 3.63) is 138 Å². The van der Waals surface area contributed by atoms with Crippen LogP contribution in [0, 0.1) is 23.3 Å². The molecule has 8 rings (SSSR count). The predicted octanol–water partition coefficient (Wildman–Crippen LogP) is 3.69. The molecule has 358 valence electrons. The van der Waals surface area contributed by atoms with Crippen LogP contribution < -0.4 is 21.5 Å². The van der Waals surface area contributed by atoms with Gasteiger partial charge < -0.3 is 54.4 Å². The van der Waals surface area contributed by atoms with E-state index in [-0.39, 0.29) is 72.5 Å². The Kier molecular flexibility index (Phi) is 15.4. The Balaban J connectivity index is 0.000000209. The molecule has 2 aromatic heterocycles. The minimum atomic E-state index is -1.02. The molecule has 0 aliphatic carbocycles. The first-order chi connectivity index (χ1) is 31.9. The normalized spacial score (nSPS) is 21.3. The van der Waals surface area contributed by atoms with Crippen LogP contribution in [0.1, 0.15) is 98.5 Å². The molecule has 21 heteroatoms. The van der Waals surface area contributed by atoms with Gasteiger partial charge in [-0.1, -0.05) is 24.3 Å². The van der Waals surface area contributed by atoms with Crippen LogP contribution in [-0.4, -0.2) is 116 Å². The second-order valence-corrected chi connectivity index (χ2v) is 16.2. The highest BCUT2D eigenvalue weighted by Crippen LogP contribution is 2.36. The average molecular weight is 939 g/mol. The maximum Gasteiger partial charge on any atom is 0.275 e. The van der Waals surface area contributed by atoms with Crippen LogP contribution in [0.3, 0.4) is 0 Å². The van der Waals surface area contributed by atoms with Gasteiger partial charge >= 0.3 is 0 Å². The summed E-state index contributed by atoms with van der Waals surface area (Å²) < 4.78 is 67.8. The molecule has 0 saturated carbocycles. The number of methoxy groups -OCH3 is 2. The van der Waals surface area contributed by atoms with Gasteiger partial charge in [-0.15, -0.1) is 0 Å². The maximum absolute atomic E-state index is 13.9. The highest BCUT2D eigenvalue weighted by molar-refractivity contribution is 6.00. The molecule has 0 radical (unpaired) electrons. The third kappa shape index (κ3) is 9.98. The van der Waals surface area contributed by atoms with Gasteiger partial charge in [0, 0.05) is 94.7 Å². The minimum Gasteiger partial charge on any atom is -0.503 e. The summed E-state index contributed by atoms with van der Waals surface area (Å²) in [6, 6.07) is 4.59. The second-order valence-electron chi connectivity index (χ2n) is 16.2. The predicted molar refractivity (Wildman–Crippen MR) is 232 cm³/mol. The van der Waals surface area contributed by atoms with Gasteiger partial charge in [0.25, 0.3) is 23.6 Å². The molecule has 6 atom stereocenters. The van der Waals surface area contributed by atoms with E-state index in [0.29, 0.717) is 31.5 Å². The first-order valence-electron chi connectivity index (χ1n) is 21.2. The van der Waals surface area contributed by atoms with Crippen LogP contribution in [0.15, 0.2) is 70.5 Å². The van der Waals surface area contributed by atoms with Crippen molar-refractivity contribution in [3.8, 4) is 11.5 Å². The molecule has 4 bridgehead atoms. The number of aromatic hydroxyl groups is 2. The lowest BCUT2D eigenvalue weighted by atomic mass is 10.0. The van der Waals surface area contributed by atoms with Crippen molar-refractivity contribution in [1.29, 1.82) is 0 Å². The highest BCUT2D eigenvalue weighted by Gasteiger charge is 2.43. The van der Waals surface area contributed by atoms with E-state index in [1.54, 1.807) is 31.1 Å². The van der Waals surface area contributed by atoms with Crippen LogP contribution in [0.4, 0.5) is 17.6 Å². The fraction of sp³-hybridized carbons (Fsp3) is 0.391. The summed E-state index contributed by atoms with van der Waals surface area (Å²) in [4.78, 5) is 80.0. The summed E-state index contributed by atoms with van der Waals surface area (Å²) in [6.07, 6.45) is 6.64. The van der Waals surface area contributed by atoms with Crippen molar-refractivity contribution < 1.29 is 61.5 Å². The van der Waals surface area contributed by atoms with Crippen molar-refractivity contribution in [3.63, 3.8) is 0 Å². The quantitative estimate of drug-likeness (QED) is 0.127. The van der Waals surface area contributed by atoms with Crippen LogP contribution in [0.5, 0.6) is 11.5 Å². The zero-order valence-corrected chi connectivity index (χ0v) is 37.1. The van der Waals surface area contributed by atoms with Crippen LogP contribution in [0.25, 0.3) is 0 Å². The fourth-order valence-electron chi connectivity index (χ4n) is 8.45. The molecule has 0 spiro atoms. The lowest BCUT2D eigenvalue weighted by Gasteiger charge is -2.38. The molecule has 6 heterocycles. The SMILES string of the molecule is CCO.CO[C@@H]1C=C[C@H](C)N2C[C@H]1n1cc(C(=O)NCc3ccc(F)cc3F)c(=O)c(O)c1C2=O.CO[C@@H]1CC[C@H](C)N2C[C@H]1n1cc(C(=O)NCc3ccc(F)cc3F)c(=O)c(O)c1C2=O. The molecular weight excluding hydrogens is 889 g/mol. The third-order valence-electron chi connectivity index (χ3n) is 12.1. The summed E-state index contributed by atoms with van der Waals surface area (Å²) in [5.41, 5.74) is -3.15. The summed E-state index contributed by atoms with van der Waals surface area (Å²) in [6.45, 7) is 5.61. The number of hydrogen-bond donors (Lipinski definition) is 5. The summed E-state index contributed by atoms with van der Waals surface area (Å²) >= 11 is 0. The van der Waals surface area contributed by atoms with Crippen molar-refractivity contribution in [2.75, 3.05) is 33.9 Å². The van der Waals surface area contributed by atoms with Gasteiger partial charge in [-0.3, -0.25) is 28.8 Å². The topological polar surface area (TPSA) is 222 Å².